The molecule has 2 heterocycles. The van der Waals surface area contributed by atoms with Crippen LogP contribution in [-0.4, -0.2) is 48.3 Å². The van der Waals surface area contributed by atoms with E-state index in [-0.39, 0.29) is 0 Å². The van der Waals surface area contributed by atoms with Crippen molar-refractivity contribution < 1.29 is 19.8 Å². The molecule has 0 radical (unpaired) electrons. The Balaban J connectivity index is 0.000000100. The quantitative estimate of drug-likeness (QED) is 0.452. The summed E-state index contributed by atoms with van der Waals surface area (Å²) < 4.78 is 0. The molecule has 6 heteroatoms. The highest BCUT2D eigenvalue weighted by Crippen LogP contribution is 2.48. The first-order valence-corrected chi connectivity index (χ1v) is 6.35. The summed E-state index contributed by atoms with van der Waals surface area (Å²) in [5.74, 6) is -3.65. The summed E-state index contributed by atoms with van der Waals surface area (Å²) in [6, 6.07) is 0. The average Bonchev–Trinajstić information content (AvgIpc) is 3.10. The van der Waals surface area contributed by atoms with Crippen LogP contribution in [0, 0.1) is 10.8 Å². The molecule has 18 heavy (non-hydrogen) atoms. The van der Waals surface area contributed by atoms with Gasteiger partial charge in [0.1, 0.15) is 0 Å². The fourth-order valence-corrected chi connectivity index (χ4v) is 2.02. The van der Waals surface area contributed by atoms with Gasteiger partial charge in [0.2, 0.25) is 0 Å². The minimum Gasteiger partial charge on any atom is -0.473 e. The highest BCUT2D eigenvalue weighted by Gasteiger charge is 2.47. The van der Waals surface area contributed by atoms with Gasteiger partial charge in [-0.3, -0.25) is 0 Å². The lowest BCUT2D eigenvalue weighted by Gasteiger charge is -2.26. The van der Waals surface area contributed by atoms with E-state index in [9.17, 15) is 0 Å². The zero-order valence-corrected chi connectivity index (χ0v) is 10.4. The van der Waals surface area contributed by atoms with Crippen LogP contribution in [-0.2, 0) is 9.59 Å². The van der Waals surface area contributed by atoms with E-state index in [2.05, 4.69) is 10.6 Å². The van der Waals surface area contributed by atoms with Crippen molar-refractivity contribution in [2.75, 3.05) is 26.2 Å². The topological polar surface area (TPSA) is 98.7 Å². The molecule has 0 aromatic carbocycles. The molecule has 2 aliphatic heterocycles. The zero-order chi connectivity index (χ0) is 13.2. The summed E-state index contributed by atoms with van der Waals surface area (Å²) in [6.45, 7) is 5.25. The largest absolute Gasteiger partial charge is 0.473 e. The second kappa shape index (κ2) is 4.85. The minimum absolute atomic E-state index is 0.861. The molecule has 2 spiro atoms. The molecule has 4 fully saturated rings. The first kappa shape index (κ1) is 13.3. The Morgan fingerprint density at radius 3 is 1.00 bits per heavy atom. The lowest BCUT2D eigenvalue weighted by Crippen LogP contribution is -2.43. The Morgan fingerprint density at radius 2 is 1.00 bits per heavy atom. The highest BCUT2D eigenvalue weighted by atomic mass is 16.4. The second-order valence-corrected chi connectivity index (χ2v) is 5.82. The van der Waals surface area contributed by atoms with Crippen molar-refractivity contribution in [1.29, 1.82) is 0 Å². The summed E-state index contributed by atoms with van der Waals surface area (Å²) in [7, 11) is 0. The van der Waals surface area contributed by atoms with E-state index >= 15 is 0 Å². The van der Waals surface area contributed by atoms with Gasteiger partial charge in [0.05, 0.1) is 0 Å². The summed E-state index contributed by atoms with van der Waals surface area (Å²) in [5, 5.41) is 21.3. The van der Waals surface area contributed by atoms with Gasteiger partial charge in [0.15, 0.2) is 0 Å². The minimum atomic E-state index is -1.82. The molecule has 0 amide bonds. The molecule has 0 aromatic rings. The molecule has 4 N–H and O–H groups in total. The first-order valence-electron chi connectivity index (χ1n) is 6.35. The van der Waals surface area contributed by atoms with Crippen molar-refractivity contribution in [3.63, 3.8) is 0 Å². The third-order valence-corrected chi connectivity index (χ3v) is 4.10. The average molecular weight is 256 g/mol. The van der Waals surface area contributed by atoms with Gasteiger partial charge in [-0.2, -0.15) is 0 Å². The van der Waals surface area contributed by atoms with Gasteiger partial charge in [-0.05, 0) is 36.5 Å². The van der Waals surface area contributed by atoms with Crippen LogP contribution in [0.25, 0.3) is 0 Å². The zero-order valence-electron chi connectivity index (χ0n) is 10.4. The first-order chi connectivity index (χ1) is 8.47. The Kier molecular flexibility index (Phi) is 3.59. The summed E-state index contributed by atoms with van der Waals surface area (Å²) in [5.41, 5.74) is 1.72. The van der Waals surface area contributed by atoms with E-state index in [1.165, 1.54) is 51.9 Å². The fraction of sp³-hybridized carbons (Fsp3) is 0.833. The number of carbonyl (C=O) groups is 2. The molecule has 2 saturated carbocycles. The van der Waals surface area contributed by atoms with Crippen molar-refractivity contribution >= 4 is 11.9 Å². The van der Waals surface area contributed by atoms with Crippen molar-refractivity contribution in [2.45, 2.75) is 25.7 Å². The molecule has 0 bridgehead atoms. The van der Waals surface area contributed by atoms with E-state index in [0.29, 0.717) is 0 Å². The maximum atomic E-state index is 9.10. The normalized spacial score (nSPS) is 26.4. The monoisotopic (exact) mass is 256 g/mol. The number of carboxylic acids is 2. The third kappa shape index (κ3) is 3.43. The van der Waals surface area contributed by atoms with Gasteiger partial charge >= 0.3 is 11.9 Å². The number of hydrogen-bond donors (Lipinski definition) is 4. The van der Waals surface area contributed by atoms with Gasteiger partial charge in [-0.25, -0.2) is 9.59 Å². The van der Waals surface area contributed by atoms with E-state index in [1.807, 2.05) is 0 Å². The van der Waals surface area contributed by atoms with Crippen LogP contribution < -0.4 is 10.6 Å². The number of aliphatic carboxylic acids is 2. The van der Waals surface area contributed by atoms with E-state index in [0.717, 1.165) is 10.8 Å². The molecule has 4 rings (SSSR count). The SMILES string of the molecule is C1CC12CNC2.C1CC12CNC2.O=C(O)C(=O)O. The van der Waals surface area contributed by atoms with Crippen LogP contribution in [0.5, 0.6) is 0 Å². The number of rotatable bonds is 0. The smallest absolute Gasteiger partial charge is 0.414 e. The van der Waals surface area contributed by atoms with Crippen LogP contribution >= 0.6 is 0 Å². The molecule has 0 atom stereocenters. The van der Waals surface area contributed by atoms with Gasteiger partial charge in [0, 0.05) is 26.2 Å². The van der Waals surface area contributed by atoms with E-state index in [4.69, 9.17) is 19.8 Å². The lowest BCUT2D eigenvalue weighted by molar-refractivity contribution is -0.159. The summed E-state index contributed by atoms with van der Waals surface area (Å²) >= 11 is 0. The number of nitrogens with one attached hydrogen (secondary N) is 2. The van der Waals surface area contributed by atoms with Crippen molar-refractivity contribution in [3.8, 4) is 0 Å². The Morgan fingerprint density at radius 1 is 0.722 bits per heavy atom. The molecular weight excluding hydrogens is 236 g/mol. The maximum Gasteiger partial charge on any atom is 0.414 e. The molecule has 4 aliphatic rings. The van der Waals surface area contributed by atoms with Crippen molar-refractivity contribution in [3.05, 3.63) is 0 Å². The predicted octanol–water partition coefficient (Wildman–Crippen LogP) is -0.105. The summed E-state index contributed by atoms with van der Waals surface area (Å²) in [6.07, 6.45) is 6.00. The molecule has 0 unspecified atom stereocenters. The van der Waals surface area contributed by atoms with Gasteiger partial charge in [-0.1, -0.05) is 0 Å². The number of hydrogen-bond acceptors (Lipinski definition) is 4. The van der Waals surface area contributed by atoms with Gasteiger partial charge in [0.25, 0.3) is 0 Å². The fourth-order valence-electron chi connectivity index (χ4n) is 2.02. The van der Waals surface area contributed by atoms with Crippen LogP contribution in [0.2, 0.25) is 0 Å². The molecular formula is C12H20N2O4. The van der Waals surface area contributed by atoms with Crippen LogP contribution in [0.4, 0.5) is 0 Å². The molecule has 2 aliphatic carbocycles. The summed E-state index contributed by atoms with van der Waals surface area (Å²) in [4.78, 5) is 18.2. The molecule has 6 nitrogen and oxygen atoms in total. The number of carboxylic acid groups (broad SMARTS) is 2. The maximum absolute atomic E-state index is 9.10. The third-order valence-electron chi connectivity index (χ3n) is 4.10. The van der Waals surface area contributed by atoms with Crippen LogP contribution in [0.15, 0.2) is 0 Å². The van der Waals surface area contributed by atoms with Gasteiger partial charge < -0.3 is 20.8 Å². The Labute approximate surface area is 106 Å². The molecule has 102 valence electrons. The standard InChI is InChI=1S/2C5H9N.C2H2O4/c2*1-2-5(1)3-6-4-5;3-1(4)2(5)6/h2*6H,1-4H2;(H,3,4)(H,5,6). The second-order valence-electron chi connectivity index (χ2n) is 5.82. The van der Waals surface area contributed by atoms with Crippen LogP contribution in [0.1, 0.15) is 25.7 Å². The van der Waals surface area contributed by atoms with Crippen LogP contribution in [0.3, 0.4) is 0 Å². The highest BCUT2D eigenvalue weighted by molar-refractivity contribution is 6.27. The van der Waals surface area contributed by atoms with Crippen molar-refractivity contribution in [2.24, 2.45) is 10.8 Å². The lowest BCUT2D eigenvalue weighted by atomic mass is 10.0. The van der Waals surface area contributed by atoms with E-state index < -0.39 is 11.9 Å². The predicted molar refractivity (Wildman–Crippen MR) is 64.3 cm³/mol. The Hall–Kier alpha value is -1.14. The van der Waals surface area contributed by atoms with Crippen molar-refractivity contribution in [1.82, 2.24) is 10.6 Å². The Bertz CT molecular complexity index is 302. The van der Waals surface area contributed by atoms with Gasteiger partial charge in [-0.15, -0.1) is 0 Å². The van der Waals surface area contributed by atoms with E-state index in [1.54, 1.807) is 0 Å². The molecule has 2 saturated heterocycles. The molecule has 0 aromatic heterocycles.